The molecular formula is C15H21N3O3. The third kappa shape index (κ3) is 3.33. The number of nitrogens with one attached hydrogen (secondary N) is 2. The van der Waals surface area contributed by atoms with E-state index in [-0.39, 0.29) is 23.5 Å². The second kappa shape index (κ2) is 5.73. The summed E-state index contributed by atoms with van der Waals surface area (Å²) in [7, 11) is 0. The second-order valence-corrected chi connectivity index (χ2v) is 6.01. The van der Waals surface area contributed by atoms with Crippen LogP contribution in [0.25, 0.3) is 0 Å². The summed E-state index contributed by atoms with van der Waals surface area (Å²) in [5.74, 6) is -0.158. The maximum atomic E-state index is 12.1. The first-order valence-corrected chi connectivity index (χ1v) is 6.92. The standard InChI is InChI=1S/C15H21N3O3/c1-15(2)11(7-12(15)19)18-13(20)10-5-3-9(4-6-10)8-17-14(16)21/h3-6,11-12,19H,7-8H2,1-2H3,(H,18,20)(H3,16,17,21). The van der Waals surface area contributed by atoms with E-state index in [0.29, 0.717) is 18.5 Å². The Balaban J connectivity index is 1.93. The van der Waals surface area contributed by atoms with Crippen LogP contribution in [-0.2, 0) is 6.54 Å². The fourth-order valence-electron chi connectivity index (χ4n) is 2.35. The van der Waals surface area contributed by atoms with Crippen molar-refractivity contribution in [3.05, 3.63) is 35.4 Å². The minimum absolute atomic E-state index is 0.0174. The molecule has 0 aromatic heterocycles. The summed E-state index contributed by atoms with van der Waals surface area (Å²) in [4.78, 5) is 22.8. The van der Waals surface area contributed by atoms with Gasteiger partial charge in [0.05, 0.1) is 6.10 Å². The highest BCUT2D eigenvalue weighted by Gasteiger charge is 2.47. The van der Waals surface area contributed by atoms with Crippen molar-refractivity contribution in [3.8, 4) is 0 Å². The smallest absolute Gasteiger partial charge is 0.312 e. The van der Waals surface area contributed by atoms with E-state index in [4.69, 9.17) is 5.73 Å². The van der Waals surface area contributed by atoms with Crippen molar-refractivity contribution in [2.24, 2.45) is 11.1 Å². The Morgan fingerprint density at radius 3 is 2.43 bits per heavy atom. The molecule has 114 valence electrons. The molecule has 5 N–H and O–H groups in total. The largest absolute Gasteiger partial charge is 0.392 e. The van der Waals surface area contributed by atoms with Crippen molar-refractivity contribution >= 4 is 11.9 Å². The lowest BCUT2D eigenvalue weighted by Crippen LogP contribution is -2.61. The van der Waals surface area contributed by atoms with E-state index in [9.17, 15) is 14.7 Å². The molecule has 0 radical (unpaired) electrons. The number of carbonyl (C=O) groups excluding carboxylic acids is 2. The highest BCUT2D eigenvalue weighted by Crippen LogP contribution is 2.40. The van der Waals surface area contributed by atoms with E-state index in [0.717, 1.165) is 5.56 Å². The van der Waals surface area contributed by atoms with Crippen molar-refractivity contribution in [2.75, 3.05) is 0 Å². The van der Waals surface area contributed by atoms with E-state index in [2.05, 4.69) is 10.6 Å². The number of nitrogens with two attached hydrogens (primary N) is 1. The summed E-state index contributed by atoms with van der Waals surface area (Å²) in [6, 6.07) is 6.35. The van der Waals surface area contributed by atoms with Crippen LogP contribution in [0.1, 0.15) is 36.2 Å². The molecule has 0 heterocycles. The van der Waals surface area contributed by atoms with Gasteiger partial charge in [0.1, 0.15) is 0 Å². The lowest BCUT2D eigenvalue weighted by Gasteiger charge is -2.49. The van der Waals surface area contributed by atoms with Crippen LogP contribution in [0, 0.1) is 5.41 Å². The molecule has 1 aromatic rings. The molecule has 0 bridgehead atoms. The molecule has 6 nitrogen and oxygen atoms in total. The van der Waals surface area contributed by atoms with Crippen molar-refractivity contribution in [3.63, 3.8) is 0 Å². The van der Waals surface area contributed by atoms with Gasteiger partial charge in [0.25, 0.3) is 5.91 Å². The number of aliphatic hydroxyl groups excluding tert-OH is 1. The maximum Gasteiger partial charge on any atom is 0.312 e. The fourth-order valence-corrected chi connectivity index (χ4v) is 2.35. The topological polar surface area (TPSA) is 104 Å². The SMILES string of the molecule is CC1(C)C(O)CC1NC(=O)c1ccc(CNC(N)=O)cc1. The molecule has 2 atom stereocenters. The van der Waals surface area contributed by atoms with E-state index in [1.165, 1.54) is 0 Å². The number of hydrogen-bond donors (Lipinski definition) is 4. The Morgan fingerprint density at radius 1 is 1.33 bits per heavy atom. The Morgan fingerprint density at radius 2 is 1.95 bits per heavy atom. The third-order valence-electron chi connectivity index (χ3n) is 4.20. The van der Waals surface area contributed by atoms with E-state index < -0.39 is 6.03 Å². The fraction of sp³-hybridized carbons (Fsp3) is 0.467. The first-order valence-electron chi connectivity index (χ1n) is 6.92. The predicted molar refractivity (Wildman–Crippen MR) is 78.5 cm³/mol. The summed E-state index contributed by atoms with van der Waals surface area (Å²) in [5.41, 5.74) is 6.12. The predicted octanol–water partition coefficient (Wildman–Crippen LogP) is 0.744. The van der Waals surface area contributed by atoms with Crippen LogP contribution in [-0.4, -0.2) is 29.2 Å². The molecule has 1 aliphatic rings. The molecule has 6 heteroatoms. The zero-order valence-corrected chi connectivity index (χ0v) is 12.2. The van der Waals surface area contributed by atoms with Crippen LogP contribution in [0.3, 0.4) is 0 Å². The molecule has 2 unspecified atom stereocenters. The number of carbonyl (C=O) groups is 2. The second-order valence-electron chi connectivity index (χ2n) is 6.01. The number of rotatable bonds is 4. The van der Waals surface area contributed by atoms with Crippen molar-refractivity contribution in [2.45, 2.75) is 39.0 Å². The lowest BCUT2D eigenvalue weighted by molar-refractivity contribution is -0.0689. The number of amides is 3. The molecule has 2 rings (SSSR count). The van der Waals surface area contributed by atoms with Gasteiger partial charge in [-0.25, -0.2) is 4.79 Å². The molecule has 1 aliphatic carbocycles. The number of benzene rings is 1. The number of aliphatic hydroxyl groups is 1. The van der Waals surface area contributed by atoms with E-state index >= 15 is 0 Å². The van der Waals surface area contributed by atoms with Crippen molar-refractivity contribution in [1.29, 1.82) is 0 Å². The quantitative estimate of drug-likeness (QED) is 0.657. The van der Waals surface area contributed by atoms with Gasteiger partial charge in [-0.05, 0) is 24.1 Å². The van der Waals surface area contributed by atoms with Crippen LogP contribution in [0.15, 0.2) is 24.3 Å². The zero-order valence-electron chi connectivity index (χ0n) is 12.2. The summed E-state index contributed by atoms with van der Waals surface area (Å²) < 4.78 is 0. The molecule has 0 spiro atoms. The van der Waals surface area contributed by atoms with Gasteiger partial charge >= 0.3 is 6.03 Å². The normalized spacial score (nSPS) is 23.0. The number of hydrogen-bond acceptors (Lipinski definition) is 3. The van der Waals surface area contributed by atoms with Crippen LogP contribution in [0.5, 0.6) is 0 Å². The van der Waals surface area contributed by atoms with Gasteiger partial charge in [-0.1, -0.05) is 26.0 Å². The van der Waals surface area contributed by atoms with Crippen LogP contribution in [0.2, 0.25) is 0 Å². The monoisotopic (exact) mass is 291 g/mol. The Bertz CT molecular complexity index is 540. The van der Waals surface area contributed by atoms with Crippen molar-refractivity contribution < 1.29 is 14.7 Å². The number of urea groups is 1. The molecule has 0 saturated heterocycles. The van der Waals surface area contributed by atoms with Gasteiger partial charge in [-0.15, -0.1) is 0 Å². The minimum atomic E-state index is -0.581. The molecule has 3 amide bonds. The molecule has 1 fully saturated rings. The first-order chi connectivity index (χ1) is 9.80. The van der Waals surface area contributed by atoms with Gasteiger partial charge < -0.3 is 21.5 Å². The highest BCUT2D eigenvalue weighted by atomic mass is 16.3. The highest BCUT2D eigenvalue weighted by molar-refractivity contribution is 5.94. The first kappa shape index (κ1) is 15.3. The third-order valence-corrected chi connectivity index (χ3v) is 4.20. The summed E-state index contributed by atoms with van der Waals surface area (Å²) >= 11 is 0. The van der Waals surface area contributed by atoms with E-state index in [1.807, 2.05) is 13.8 Å². The van der Waals surface area contributed by atoms with E-state index in [1.54, 1.807) is 24.3 Å². The molecule has 1 saturated carbocycles. The maximum absolute atomic E-state index is 12.1. The molecule has 21 heavy (non-hydrogen) atoms. The van der Waals surface area contributed by atoms with Gasteiger partial charge in [-0.3, -0.25) is 4.79 Å². The average Bonchev–Trinajstić information content (AvgIpc) is 2.45. The summed E-state index contributed by atoms with van der Waals surface area (Å²) in [6.07, 6.45) is 0.212. The minimum Gasteiger partial charge on any atom is -0.392 e. The van der Waals surface area contributed by atoms with Crippen molar-refractivity contribution in [1.82, 2.24) is 10.6 Å². The summed E-state index contributed by atoms with van der Waals surface area (Å²) in [6.45, 7) is 4.20. The average molecular weight is 291 g/mol. The van der Waals surface area contributed by atoms with Gasteiger partial charge in [0.2, 0.25) is 0 Å². The lowest BCUT2D eigenvalue weighted by atomic mass is 9.64. The molecule has 0 aliphatic heterocycles. The summed E-state index contributed by atoms with van der Waals surface area (Å²) in [5, 5.41) is 15.1. The Labute approximate surface area is 123 Å². The van der Waals surface area contributed by atoms with Gasteiger partial charge in [0, 0.05) is 23.6 Å². The van der Waals surface area contributed by atoms with Gasteiger partial charge in [0.15, 0.2) is 0 Å². The van der Waals surface area contributed by atoms with Crippen LogP contribution < -0.4 is 16.4 Å². The zero-order chi connectivity index (χ0) is 15.6. The molecular weight excluding hydrogens is 270 g/mol. The van der Waals surface area contributed by atoms with Gasteiger partial charge in [-0.2, -0.15) is 0 Å². The Hall–Kier alpha value is -2.08. The van der Waals surface area contributed by atoms with Crippen LogP contribution >= 0.6 is 0 Å². The Kier molecular flexibility index (Phi) is 4.18. The number of primary amides is 1. The molecule has 1 aromatic carbocycles. The van der Waals surface area contributed by atoms with Crippen LogP contribution in [0.4, 0.5) is 4.79 Å².